The Balaban J connectivity index is 0.000000279. The van der Waals surface area contributed by atoms with Gasteiger partial charge in [-0.05, 0) is 54.8 Å². The van der Waals surface area contributed by atoms with Crippen LogP contribution >= 0.6 is 0 Å². The summed E-state index contributed by atoms with van der Waals surface area (Å²) in [4.78, 5) is 0. The summed E-state index contributed by atoms with van der Waals surface area (Å²) in [6.45, 7) is 3.85. The molecule has 2 radical (unpaired) electrons. The Morgan fingerprint density at radius 3 is 1.07 bits per heavy atom. The van der Waals surface area contributed by atoms with Crippen molar-refractivity contribution in [2.45, 2.75) is 13.8 Å². The number of aryl methyl sites for hydroxylation is 2. The summed E-state index contributed by atoms with van der Waals surface area (Å²) in [5.41, 5.74) is 4.41. The van der Waals surface area contributed by atoms with Crippen molar-refractivity contribution in [3.63, 3.8) is 0 Å². The van der Waals surface area contributed by atoms with Crippen molar-refractivity contribution in [2.75, 3.05) is 0 Å². The molecular weight excluding hydrogens is 670 g/mol. The van der Waals surface area contributed by atoms with E-state index in [0.29, 0.717) is 16.7 Å². The van der Waals surface area contributed by atoms with Crippen molar-refractivity contribution >= 4 is 0 Å². The van der Waals surface area contributed by atoms with E-state index in [2.05, 4.69) is 0 Å². The minimum atomic E-state index is -1.21. The number of halogens is 4. The molecule has 40 heavy (non-hydrogen) atoms. The average molecular weight is 694 g/mol. The second-order valence-electron chi connectivity index (χ2n) is 8.83. The molecule has 2 nitrogen and oxygen atoms in total. The molecule has 198 valence electrons. The SMILES string of the molecule is Cc1ccc(-c2ccc(-c3ccc(O)cc3)c(F)c2F)cc1.Cc1ccc(-c2ccc(O)c(F)c2F)cc1.[Y].[Y]. The van der Waals surface area contributed by atoms with Gasteiger partial charge in [0.25, 0.3) is 0 Å². The molecule has 0 aromatic heterocycles. The molecule has 0 aliphatic rings. The van der Waals surface area contributed by atoms with Crippen LogP contribution < -0.4 is 0 Å². The molecule has 5 aromatic rings. The smallest absolute Gasteiger partial charge is 0.200 e. The molecule has 0 saturated carbocycles. The predicted octanol–water partition coefficient (Wildman–Crippen LogP) is 8.95. The molecule has 0 unspecified atom stereocenters. The van der Waals surface area contributed by atoms with Gasteiger partial charge in [-0.25, -0.2) is 13.2 Å². The minimum Gasteiger partial charge on any atom is -0.508 e. The largest absolute Gasteiger partial charge is 0.508 e. The maximum atomic E-state index is 14.4. The second kappa shape index (κ2) is 15.0. The zero-order valence-electron chi connectivity index (χ0n) is 21.8. The molecule has 5 aromatic carbocycles. The molecular formula is C32H24F4O2Y2. The van der Waals surface area contributed by atoms with Crippen LogP contribution in [0.1, 0.15) is 11.1 Å². The Bertz CT molecular complexity index is 1500. The summed E-state index contributed by atoms with van der Waals surface area (Å²) in [6, 6.07) is 26.0. The van der Waals surface area contributed by atoms with Gasteiger partial charge in [0.1, 0.15) is 5.75 Å². The van der Waals surface area contributed by atoms with Crippen LogP contribution in [0.5, 0.6) is 11.5 Å². The molecule has 5 rings (SSSR count). The molecule has 2 N–H and O–H groups in total. The molecule has 0 amide bonds. The van der Waals surface area contributed by atoms with E-state index >= 15 is 0 Å². The quantitative estimate of drug-likeness (QED) is 0.185. The van der Waals surface area contributed by atoms with Crippen molar-refractivity contribution < 1.29 is 93.2 Å². The van der Waals surface area contributed by atoms with Crippen molar-refractivity contribution in [1.82, 2.24) is 0 Å². The molecule has 0 atom stereocenters. The van der Waals surface area contributed by atoms with Crippen LogP contribution in [0.25, 0.3) is 33.4 Å². The summed E-state index contributed by atoms with van der Waals surface area (Å²) in [5.74, 6) is -4.57. The van der Waals surface area contributed by atoms with Gasteiger partial charge in [0.2, 0.25) is 5.82 Å². The molecule has 0 aliphatic heterocycles. The van der Waals surface area contributed by atoms with E-state index in [1.807, 2.05) is 38.1 Å². The Morgan fingerprint density at radius 2 is 0.700 bits per heavy atom. The molecule has 0 spiro atoms. The summed E-state index contributed by atoms with van der Waals surface area (Å²) < 4.78 is 55.4. The fraction of sp³-hybridized carbons (Fsp3) is 0.0625. The third-order valence-corrected chi connectivity index (χ3v) is 6.05. The van der Waals surface area contributed by atoms with Gasteiger partial charge in [0, 0.05) is 82.1 Å². The standard InChI is InChI=1S/C19H14F2O.C13H10F2O.2Y/c1-12-2-4-13(5-3-12)16-10-11-17(19(21)18(16)20)14-6-8-15(22)9-7-14;1-8-2-4-9(5-3-8)10-6-7-11(16)13(15)12(10)14;;/h2-11,22H,1H3;2-7,16H,1H3;;. The van der Waals surface area contributed by atoms with Crippen LogP contribution in [0.2, 0.25) is 0 Å². The number of hydrogen-bond acceptors (Lipinski definition) is 2. The van der Waals surface area contributed by atoms with Crippen molar-refractivity contribution in [3.8, 4) is 44.9 Å². The van der Waals surface area contributed by atoms with Crippen LogP contribution in [0.3, 0.4) is 0 Å². The number of aromatic hydroxyl groups is 2. The first-order valence-electron chi connectivity index (χ1n) is 11.7. The van der Waals surface area contributed by atoms with Crippen LogP contribution in [0.4, 0.5) is 17.6 Å². The maximum absolute atomic E-state index is 14.4. The van der Waals surface area contributed by atoms with Crippen LogP contribution in [0.15, 0.2) is 97.1 Å². The van der Waals surface area contributed by atoms with Gasteiger partial charge in [-0.1, -0.05) is 83.9 Å². The first-order chi connectivity index (χ1) is 18.2. The van der Waals surface area contributed by atoms with E-state index in [4.69, 9.17) is 5.11 Å². The summed E-state index contributed by atoms with van der Waals surface area (Å²) in [5, 5.41) is 18.3. The van der Waals surface area contributed by atoms with Crippen molar-refractivity contribution in [3.05, 3.63) is 131 Å². The molecule has 0 saturated heterocycles. The Kier molecular flexibility index (Phi) is 12.7. The summed E-state index contributed by atoms with van der Waals surface area (Å²) >= 11 is 0. The molecule has 8 heteroatoms. The van der Waals surface area contributed by atoms with E-state index in [0.717, 1.165) is 17.2 Å². The number of phenols is 2. The average Bonchev–Trinajstić information content (AvgIpc) is 2.91. The van der Waals surface area contributed by atoms with Crippen molar-refractivity contribution in [1.29, 1.82) is 0 Å². The summed E-state index contributed by atoms with van der Waals surface area (Å²) in [6.07, 6.45) is 0. The zero-order valence-corrected chi connectivity index (χ0v) is 27.5. The predicted molar refractivity (Wildman–Crippen MR) is 142 cm³/mol. The first-order valence-corrected chi connectivity index (χ1v) is 11.7. The minimum absolute atomic E-state index is 0. The van der Waals surface area contributed by atoms with E-state index in [9.17, 15) is 22.7 Å². The zero-order chi connectivity index (χ0) is 27.4. The molecule has 0 bridgehead atoms. The molecule has 0 fully saturated rings. The van der Waals surface area contributed by atoms with Crippen LogP contribution in [0, 0.1) is 37.1 Å². The number of phenolic OH excluding ortho intramolecular Hbond substituents is 2. The number of hydrogen-bond donors (Lipinski definition) is 2. The van der Waals surface area contributed by atoms with E-state index in [-0.39, 0.29) is 87.9 Å². The molecule has 0 heterocycles. The van der Waals surface area contributed by atoms with Gasteiger partial charge in [0.15, 0.2) is 23.2 Å². The first kappa shape index (κ1) is 33.8. The van der Waals surface area contributed by atoms with Gasteiger partial charge < -0.3 is 10.2 Å². The maximum Gasteiger partial charge on any atom is 0.200 e. The van der Waals surface area contributed by atoms with Gasteiger partial charge in [-0.15, -0.1) is 0 Å². The van der Waals surface area contributed by atoms with E-state index in [1.54, 1.807) is 48.5 Å². The topological polar surface area (TPSA) is 40.5 Å². The number of rotatable bonds is 3. The Labute approximate surface area is 280 Å². The fourth-order valence-corrected chi connectivity index (χ4v) is 3.86. The Hall–Kier alpha value is -2.37. The fourth-order valence-electron chi connectivity index (χ4n) is 3.86. The molecule has 0 aliphatic carbocycles. The van der Waals surface area contributed by atoms with Crippen LogP contribution in [-0.2, 0) is 65.4 Å². The van der Waals surface area contributed by atoms with Crippen LogP contribution in [-0.4, -0.2) is 10.2 Å². The monoisotopic (exact) mass is 694 g/mol. The second-order valence-corrected chi connectivity index (χ2v) is 8.83. The Morgan fingerprint density at radius 1 is 0.400 bits per heavy atom. The number of benzene rings is 5. The third-order valence-electron chi connectivity index (χ3n) is 6.05. The normalized spacial score (nSPS) is 10.1. The van der Waals surface area contributed by atoms with E-state index < -0.39 is 29.0 Å². The van der Waals surface area contributed by atoms with E-state index in [1.165, 1.54) is 18.2 Å². The van der Waals surface area contributed by atoms with Gasteiger partial charge >= 0.3 is 0 Å². The summed E-state index contributed by atoms with van der Waals surface area (Å²) in [7, 11) is 0. The van der Waals surface area contributed by atoms with Gasteiger partial charge in [-0.2, -0.15) is 4.39 Å². The van der Waals surface area contributed by atoms with Gasteiger partial charge in [-0.3, -0.25) is 0 Å². The van der Waals surface area contributed by atoms with Crippen molar-refractivity contribution in [2.24, 2.45) is 0 Å². The third kappa shape index (κ3) is 7.88. The van der Waals surface area contributed by atoms with Gasteiger partial charge in [0.05, 0.1) is 0 Å².